The summed E-state index contributed by atoms with van der Waals surface area (Å²) in [6, 6.07) is 19.8. The minimum absolute atomic E-state index is 0.0254. The standard InChI is InChI=1S/C24H25N5O5/c1-3-34-24(31)28-20-14-19(22(29(32)33)23(27-20)25-15-16(2)30)26-21(17-10-6-4-7-11-17)18-12-8-5-9-13-18/h4-14,21H,3,15H2,1-2H3,(H3,25,26,27,28,31). The van der Waals surface area contributed by atoms with Crippen molar-refractivity contribution < 1.29 is 19.2 Å². The Morgan fingerprint density at radius 3 is 2.15 bits per heavy atom. The van der Waals surface area contributed by atoms with Crippen molar-refractivity contribution in [2.45, 2.75) is 19.9 Å². The van der Waals surface area contributed by atoms with Gasteiger partial charge in [0.2, 0.25) is 5.82 Å². The molecule has 0 aliphatic carbocycles. The molecule has 1 heterocycles. The van der Waals surface area contributed by atoms with Gasteiger partial charge in [-0.15, -0.1) is 0 Å². The van der Waals surface area contributed by atoms with E-state index in [0.29, 0.717) is 0 Å². The van der Waals surface area contributed by atoms with Crippen molar-refractivity contribution in [2.75, 3.05) is 29.1 Å². The van der Waals surface area contributed by atoms with Gasteiger partial charge in [-0.3, -0.25) is 20.2 Å². The summed E-state index contributed by atoms with van der Waals surface area (Å²) in [4.78, 5) is 39.1. The minimum atomic E-state index is -0.755. The Morgan fingerprint density at radius 1 is 1.06 bits per heavy atom. The number of hydrogen-bond acceptors (Lipinski definition) is 8. The van der Waals surface area contributed by atoms with E-state index in [0.717, 1.165) is 11.1 Å². The number of nitro groups is 1. The second-order valence-corrected chi connectivity index (χ2v) is 7.31. The van der Waals surface area contributed by atoms with Crippen LogP contribution >= 0.6 is 0 Å². The number of carbonyl (C=O) groups excluding carboxylic acids is 2. The number of amides is 1. The number of carbonyl (C=O) groups is 2. The molecule has 0 aliphatic heterocycles. The smallest absolute Gasteiger partial charge is 0.412 e. The summed E-state index contributed by atoms with van der Waals surface area (Å²) in [6.07, 6.45) is -0.755. The number of nitrogens with zero attached hydrogens (tertiary/aromatic N) is 2. The van der Waals surface area contributed by atoms with Crippen molar-refractivity contribution in [3.8, 4) is 0 Å². The lowest BCUT2D eigenvalue weighted by Crippen LogP contribution is -2.19. The fourth-order valence-electron chi connectivity index (χ4n) is 3.31. The lowest BCUT2D eigenvalue weighted by Gasteiger charge is -2.22. The molecule has 0 bridgehead atoms. The summed E-state index contributed by atoms with van der Waals surface area (Å²) >= 11 is 0. The van der Waals surface area contributed by atoms with E-state index in [4.69, 9.17) is 4.74 Å². The average Bonchev–Trinajstić information content (AvgIpc) is 2.82. The lowest BCUT2D eigenvalue weighted by molar-refractivity contribution is -0.383. The maximum atomic E-state index is 12.1. The molecule has 0 atom stereocenters. The molecule has 3 N–H and O–H groups in total. The van der Waals surface area contributed by atoms with Crippen LogP contribution in [0.4, 0.5) is 27.8 Å². The van der Waals surface area contributed by atoms with Crippen LogP contribution in [-0.2, 0) is 9.53 Å². The molecule has 3 aromatic rings. The highest BCUT2D eigenvalue weighted by Gasteiger charge is 2.27. The third-order valence-corrected chi connectivity index (χ3v) is 4.75. The molecule has 3 rings (SSSR count). The first-order chi connectivity index (χ1) is 16.4. The van der Waals surface area contributed by atoms with Crippen LogP contribution in [-0.4, -0.2) is 34.9 Å². The summed E-state index contributed by atoms with van der Waals surface area (Å²) in [5, 5.41) is 20.5. The molecule has 2 aromatic carbocycles. The Morgan fingerprint density at radius 2 is 1.65 bits per heavy atom. The number of ketones is 1. The van der Waals surface area contributed by atoms with Crippen molar-refractivity contribution >= 4 is 34.9 Å². The Balaban J connectivity index is 2.12. The maximum Gasteiger partial charge on any atom is 0.412 e. The highest BCUT2D eigenvalue weighted by atomic mass is 16.6. The van der Waals surface area contributed by atoms with Gasteiger partial charge in [0.1, 0.15) is 17.3 Å². The van der Waals surface area contributed by atoms with Gasteiger partial charge in [0.25, 0.3) is 0 Å². The molecule has 34 heavy (non-hydrogen) atoms. The zero-order valence-electron chi connectivity index (χ0n) is 18.8. The van der Waals surface area contributed by atoms with Gasteiger partial charge in [-0.2, -0.15) is 0 Å². The van der Waals surface area contributed by atoms with Gasteiger partial charge in [0.05, 0.1) is 24.1 Å². The predicted octanol–water partition coefficient (Wildman–Crippen LogP) is 4.76. The normalized spacial score (nSPS) is 10.4. The number of hydrogen-bond donors (Lipinski definition) is 3. The van der Waals surface area contributed by atoms with Crippen LogP contribution in [0.15, 0.2) is 66.7 Å². The van der Waals surface area contributed by atoms with Gasteiger partial charge in [-0.05, 0) is 25.0 Å². The SMILES string of the molecule is CCOC(=O)Nc1cc(NC(c2ccccc2)c2ccccc2)c([N+](=O)[O-])c(NCC(C)=O)n1. The monoisotopic (exact) mass is 463 g/mol. The van der Waals surface area contributed by atoms with Gasteiger partial charge in [-0.1, -0.05) is 60.7 Å². The van der Waals surface area contributed by atoms with Crippen LogP contribution in [0.5, 0.6) is 0 Å². The van der Waals surface area contributed by atoms with Crippen LogP contribution in [0.25, 0.3) is 0 Å². The number of aromatic nitrogens is 1. The first-order valence-electron chi connectivity index (χ1n) is 10.6. The van der Waals surface area contributed by atoms with E-state index in [2.05, 4.69) is 20.9 Å². The van der Waals surface area contributed by atoms with Crippen molar-refractivity contribution in [2.24, 2.45) is 0 Å². The molecule has 0 aliphatic rings. The number of benzene rings is 2. The molecule has 0 radical (unpaired) electrons. The average molecular weight is 463 g/mol. The highest BCUT2D eigenvalue weighted by molar-refractivity contribution is 5.88. The molecule has 176 valence electrons. The fraction of sp³-hybridized carbons (Fsp3) is 0.208. The summed E-state index contributed by atoms with van der Waals surface area (Å²) in [7, 11) is 0. The Labute approximate surface area is 196 Å². The third-order valence-electron chi connectivity index (χ3n) is 4.75. The zero-order chi connectivity index (χ0) is 24.5. The fourth-order valence-corrected chi connectivity index (χ4v) is 3.31. The van der Waals surface area contributed by atoms with Crippen molar-refractivity contribution in [3.63, 3.8) is 0 Å². The second-order valence-electron chi connectivity index (χ2n) is 7.31. The zero-order valence-corrected chi connectivity index (χ0v) is 18.8. The Bertz CT molecular complexity index is 1120. The van der Waals surface area contributed by atoms with Crippen LogP contribution in [0.2, 0.25) is 0 Å². The molecule has 0 saturated carbocycles. The van der Waals surface area contributed by atoms with Crippen LogP contribution < -0.4 is 16.0 Å². The minimum Gasteiger partial charge on any atom is -0.450 e. The van der Waals surface area contributed by atoms with Crippen molar-refractivity contribution in [3.05, 3.63) is 88.0 Å². The second kappa shape index (κ2) is 11.4. The highest BCUT2D eigenvalue weighted by Crippen LogP contribution is 2.37. The van der Waals surface area contributed by atoms with Gasteiger partial charge in [0, 0.05) is 6.07 Å². The molecule has 10 nitrogen and oxygen atoms in total. The van der Waals surface area contributed by atoms with E-state index in [-0.39, 0.29) is 41.9 Å². The van der Waals surface area contributed by atoms with Gasteiger partial charge in [-0.25, -0.2) is 9.78 Å². The molecular weight excluding hydrogens is 438 g/mol. The summed E-state index contributed by atoms with van der Waals surface area (Å²) in [5.41, 5.74) is 1.50. The van der Waals surface area contributed by atoms with E-state index in [1.807, 2.05) is 60.7 Å². The summed E-state index contributed by atoms with van der Waals surface area (Å²) < 4.78 is 4.90. The third kappa shape index (κ3) is 6.28. The first kappa shape index (κ1) is 24.2. The molecule has 0 fully saturated rings. The van der Waals surface area contributed by atoms with Gasteiger partial charge >= 0.3 is 11.8 Å². The number of nitrogens with one attached hydrogen (secondary N) is 3. The van der Waals surface area contributed by atoms with E-state index in [1.54, 1.807) is 6.92 Å². The summed E-state index contributed by atoms with van der Waals surface area (Å²) in [6.45, 7) is 2.97. The van der Waals surface area contributed by atoms with E-state index >= 15 is 0 Å². The number of Topliss-reactive ketones (excluding diaryl/α,β-unsaturated/α-hetero) is 1. The quantitative estimate of drug-likeness (QED) is 0.289. The number of ether oxygens (including phenoxy) is 1. The molecular formula is C24H25N5O5. The maximum absolute atomic E-state index is 12.1. The van der Waals surface area contributed by atoms with E-state index in [9.17, 15) is 19.7 Å². The van der Waals surface area contributed by atoms with E-state index in [1.165, 1.54) is 13.0 Å². The molecule has 0 unspecified atom stereocenters. The molecule has 1 aromatic heterocycles. The molecule has 0 spiro atoms. The van der Waals surface area contributed by atoms with Crippen LogP contribution in [0.3, 0.4) is 0 Å². The topological polar surface area (TPSA) is 135 Å². The molecule has 10 heteroatoms. The van der Waals surface area contributed by atoms with Gasteiger partial charge < -0.3 is 15.4 Å². The van der Waals surface area contributed by atoms with Crippen LogP contribution in [0, 0.1) is 10.1 Å². The van der Waals surface area contributed by atoms with E-state index < -0.39 is 17.1 Å². The molecule has 0 saturated heterocycles. The van der Waals surface area contributed by atoms with Crippen molar-refractivity contribution in [1.29, 1.82) is 0 Å². The Kier molecular flexibility index (Phi) is 8.11. The number of anilines is 3. The molecule has 1 amide bonds. The summed E-state index contributed by atoms with van der Waals surface area (Å²) in [5.74, 6) is -0.366. The van der Waals surface area contributed by atoms with Gasteiger partial charge in [0.15, 0.2) is 0 Å². The largest absolute Gasteiger partial charge is 0.450 e. The number of rotatable bonds is 10. The van der Waals surface area contributed by atoms with Crippen LogP contribution in [0.1, 0.15) is 31.0 Å². The Hall–Kier alpha value is -4.47. The van der Waals surface area contributed by atoms with Crippen molar-refractivity contribution in [1.82, 2.24) is 4.98 Å². The first-order valence-corrected chi connectivity index (χ1v) is 10.6. The predicted molar refractivity (Wildman–Crippen MR) is 129 cm³/mol. The number of pyridine rings is 1. The lowest BCUT2D eigenvalue weighted by atomic mass is 9.98.